The second-order valence-corrected chi connectivity index (χ2v) is 6.08. The molecule has 1 N–H and O–H groups in total. The Morgan fingerprint density at radius 1 is 1.13 bits per heavy atom. The number of fused-ring (bicyclic) bond motifs is 1. The van der Waals surface area contributed by atoms with Crippen LogP contribution >= 0.6 is 0 Å². The fourth-order valence-electron chi connectivity index (χ4n) is 3.12. The van der Waals surface area contributed by atoms with Gasteiger partial charge in [-0.25, -0.2) is 4.98 Å². The zero-order valence-electron chi connectivity index (χ0n) is 14.2. The molecule has 1 heterocycles. The number of hydrogen-bond donors (Lipinski definition) is 1. The highest BCUT2D eigenvalue weighted by Crippen LogP contribution is 2.26. The lowest BCUT2D eigenvalue weighted by Crippen LogP contribution is -2.19. The minimum Gasteiger partial charge on any atom is -0.321 e. The van der Waals surface area contributed by atoms with Gasteiger partial charge < -0.3 is 9.88 Å². The molecule has 3 aromatic rings. The lowest BCUT2D eigenvalue weighted by Gasteiger charge is -2.18. The molecule has 0 fully saturated rings. The number of benzene rings is 2. The number of rotatable bonds is 6. The number of hydrogen-bond acceptors (Lipinski definition) is 2. The molecule has 0 aliphatic carbocycles. The molecule has 120 valence electrons. The first-order chi connectivity index (χ1) is 11.2. The molecule has 23 heavy (non-hydrogen) atoms. The SMILES string of the molecule is CCNCCc1nc2cc(C)ccc2n1C(C)c1ccccc1. The van der Waals surface area contributed by atoms with Crippen LogP contribution in [0.4, 0.5) is 0 Å². The van der Waals surface area contributed by atoms with E-state index in [-0.39, 0.29) is 6.04 Å². The topological polar surface area (TPSA) is 29.9 Å². The van der Waals surface area contributed by atoms with Gasteiger partial charge in [0.05, 0.1) is 17.1 Å². The average molecular weight is 307 g/mol. The predicted octanol–water partition coefficient (Wildman–Crippen LogP) is 4.11. The van der Waals surface area contributed by atoms with Crippen LogP contribution in [0.15, 0.2) is 48.5 Å². The summed E-state index contributed by atoms with van der Waals surface area (Å²) in [5.41, 5.74) is 4.89. The van der Waals surface area contributed by atoms with Crippen molar-refractivity contribution in [2.45, 2.75) is 33.2 Å². The Hall–Kier alpha value is -2.13. The Kier molecular flexibility index (Phi) is 4.77. The van der Waals surface area contributed by atoms with Crippen molar-refractivity contribution in [3.63, 3.8) is 0 Å². The summed E-state index contributed by atoms with van der Waals surface area (Å²) in [6.07, 6.45) is 0.943. The first kappa shape index (κ1) is 15.8. The molecule has 0 bridgehead atoms. The second kappa shape index (κ2) is 6.97. The maximum atomic E-state index is 4.91. The van der Waals surface area contributed by atoms with Crippen LogP contribution in [0.3, 0.4) is 0 Å². The zero-order valence-corrected chi connectivity index (χ0v) is 14.2. The van der Waals surface area contributed by atoms with Crippen LogP contribution < -0.4 is 5.32 Å². The number of nitrogens with zero attached hydrogens (tertiary/aromatic N) is 2. The largest absolute Gasteiger partial charge is 0.321 e. The Labute approximate surface area is 138 Å². The van der Waals surface area contributed by atoms with E-state index in [1.54, 1.807) is 0 Å². The monoisotopic (exact) mass is 307 g/mol. The molecule has 3 heteroatoms. The van der Waals surface area contributed by atoms with Crippen molar-refractivity contribution in [2.75, 3.05) is 13.1 Å². The van der Waals surface area contributed by atoms with E-state index in [2.05, 4.69) is 79.2 Å². The van der Waals surface area contributed by atoms with E-state index < -0.39 is 0 Å². The van der Waals surface area contributed by atoms with Gasteiger partial charge in [0.15, 0.2) is 0 Å². The van der Waals surface area contributed by atoms with Crippen molar-refractivity contribution < 1.29 is 0 Å². The zero-order chi connectivity index (χ0) is 16.2. The molecule has 3 nitrogen and oxygen atoms in total. The molecule has 0 saturated heterocycles. The molecule has 0 radical (unpaired) electrons. The summed E-state index contributed by atoms with van der Waals surface area (Å²) in [6, 6.07) is 17.5. The van der Waals surface area contributed by atoms with Crippen LogP contribution in [-0.2, 0) is 6.42 Å². The highest BCUT2D eigenvalue weighted by molar-refractivity contribution is 5.77. The minimum absolute atomic E-state index is 0.278. The summed E-state index contributed by atoms with van der Waals surface area (Å²) in [6.45, 7) is 8.47. The summed E-state index contributed by atoms with van der Waals surface area (Å²) >= 11 is 0. The van der Waals surface area contributed by atoms with Gasteiger partial charge in [0.2, 0.25) is 0 Å². The molecule has 0 amide bonds. The lowest BCUT2D eigenvalue weighted by atomic mass is 10.1. The Balaban J connectivity index is 2.06. The fraction of sp³-hybridized carbons (Fsp3) is 0.350. The number of nitrogens with one attached hydrogen (secondary N) is 1. The summed E-state index contributed by atoms with van der Waals surface area (Å²) in [4.78, 5) is 4.91. The van der Waals surface area contributed by atoms with Crippen LogP contribution in [0.2, 0.25) is 0 Å². The Morgan fingerprint density at radius 2 is 1.91 bits per heavy atom. The van der Waals surface area contributed by atoms with Crippen molar-refractivity contribution >= 4 is 11.0 Å². The molecular weight excluding hydrogens is 282 g/mol. The first-order valence-electron chi connectivity index (χ1n) is 8.44. The second-order valence-electron chi connectivity index (χ2n) is 6.08. The van der Waals surface area contributed by atoms with E-state index in [9.17, 15) is 0 Å². The smallest absolute Gasteiger partial charge is 0.111 e. The van der Waals surface area contributed by atoms with Crippen LogP contribution in [0.5, 0.6) is 0 Å². The molecule has 1 unspecified atom stereocenters. The number of aryl methyl sites for hydroxylation is 1. The van der Waals surface area contributed by atoms with Crippen molar-refractivity contribution in [1.82, 2.24) is 14.9 Å². The number of aromatic nitrogens is 2. The van der Waals surface area contributed by atoms with Crippen LogP contribution in [0.1, 0.15) is 36.8 Å². The lowest BCUT2D eigenvalue weighted by molar-refractivity contribution is 0.599. The summed E-state index contributed by atoms with van der Waals surface area (Å²) < 4.78 is 2.39. The van der Waals surface area contributed by atoms with Crippen molar-refractivity contribution in [3.8, 4) is 0 Å². The van der Waals surface area contributed by atoms with Gasteiger partial charge in [-0.3, -0.25) is 0 Å². The third-order valence-electron chi connectivity index (χ3n) is 4.36. The van der Waals surface area contributed by atoms with Gasteiger partial charge in [0.1, 0.15) is 5.82 Å². The maximum Gasteiger partial charge on any atom is 0.111 e. The van der Waals surface area contributed by atoms with Crippen molar-refractivity contribution in [3.05, 3.63) is 65.5 Å². The predicted molar refractivity (Wildman–Crippen MR) is 97.0 cm³/mol. The van der Waals surface area contributed by atoms with E-state index in [0.717, 1.165) is 30.9 Å². The fourth-order valence-corrected chi connectivity index (χ4v) is 3.12. The van der Waals surface area contributed by atoms with Crippen LogP contribution in [0.25, 0.3) is 11.0 Å². The summed E-state index contributed by atoms with van der Waals surface area (Å²) in [7, 11) is 0. The van der Waals surface area contributed by atoms with Crippen LogP contribution in [0, 0.1) is 6.92 Å². The molecular formula is C20H25N3. The summed E-state index contributed by atoms with van der Waals surface area (Å²) in [5.74, 6) is 1.16. The quantitative estimate of drug-likeness (QED) is 0.695. The van der Waals surface area contributed by atoms with Gasteiger partial charge in [-0.05, 0) is 43.7 Å². The van der Waals surface area contributed by atoms with Gasteiger partial charge in [0, 0.05) is 13.0 Å². The van der Waals surface area contributed by atoms with E-state index >= 15 is 0 Å². The molecule has 0 aliphatic rings. The van der Waals surface area contributed by atoms with Gasteiger partial charge in [-0.1, -0.05) is 43.3 Å². The van der Waals surface area contributed by atoms with E-state index in [0.29, 0.717) is 0 Å². The van der Waals surface area contributed by atoms with Gasteiger partial charge in [-0.15, -0.1) is 0 Å². The standard InChI is InChI=1S/C20H25N3/c1-4-21-13-12-20-22-18-14-15(2)10-11-19(18)23(20)16(3)17-8-6-5-7-9-17/h5-11,14,16,21H,4,12-13H2,1-3H3. The number of imidazole rings is 1. The molecule has 0 aliphatic heterocycles. The van der Waals surface area contributed by atoms with E-state index in [1.807, 2.05) is 0 Å². The molecule has 0 spiro atoms. The van der Waals surface area contributed by atoms with E-state index in [4.69, 9.17) is 4.98 Å². The third-order valence-corrected chi connectivity index (χ3v) is 4.36. The van der Waals surface area contributed by atoms with Gasteiger partial charge in [0.25, 0.3) is 0 Å². The molecule has 1 atom stereocenters. The molecule has 0 saturated carbocycles. The molecule has 2 aromatic carbocycles. The van der Waals surface area contributed by atoms with Crippen LogP contribution in [-0.4, -0.2) is 22.6 Å². The third kappa shape index (κ3) is 3.30. The van der Waals surface area contributed by atoms with Crippen molar-refractivity contribution in [2.24, 2.45) is 0 Å². The summed E-state index contributed by atoms with van der Waals surface area (Å²) in [5, 5.41) is 3.41. The van der Waals surface area contributed by atoms with E-state index in [1.165, 1.54) is 16.6 Å². The normalized spacial score (nSPS) is 12.7. The van der Waals surface area contributed by atoms with Crippen molar-refractivity contribution in [1.29, 1.82) is 0 Å². The highest BCUT2D eigenvalue weighted by atomic mass is 15.1. The minimum atomic E-state index is 0.278. The highest BCUT2D eigenvalue weighted by Gasteiger charge is 2.17. The van der Waals surface area contributed by atoms with Gasteiger partial charge in [-0.2, -0.15) is 0 Å². The molecule has 1 aromatic heterocycles. The molecule has 3 rings (SSSR count). The van der Waals surface area contributed by atoms with Gasteiger partial charge >= 0.3 is 0 Å². The maximum absolute atomic E-state index is 4.91. The number of likely N-dealkylation sites (N-methyl/N-ethyl adjacent to an activating group) is 1. The first-order valence-corrected chi connectivity index (χ1v) is 8.44. The Morgan fingerprint density at radius 3 is 2.65 bits per heavy atom. The average Bonchev–Trinajstić information content (AvgIpc) is 2.92. The Bertz CT molecular complexity index is 774.